The number of hydrogen-bond acceptors (Lipinski definition) is 3. The Labute approximate surface area is 109 Å². The molecular weight excluding hydrogens is 215 g/mol. The Hall–Kier alpha value is -0.0600. The van der Waals surface area contributed by atoms with E-state index in [9.17, 15) is 9.90 Å². The van der Waals surface area contributed by atoms with Gasteiger partial charge in [0.1, 0.15) is 6.10 Å². The smallest absolute Gasteiger partial charge is 0.547 e. The summed E-state index contributed by atoms with van der Waals surface area (Å²) in [5, 5.41) is 11.0. The van der Waals surface area contributed by atoms with Crippen LogP contribution in [0.3, 0.4) is 0 Å². The fourth-order valence-corrected chi connectivity index (χ4v) is 1.24. The molecule has 0 aliphatic rings. The largest absolute Gasteiger partial charge is 1.00 e. The fourth-order valence-electron chi connectivity index (χ4n) is 1.04. The van der Waals surface area contributed by atoms with Crippen LogP contribution < -0.4 is 34.7 Å². The number of aliphatic carboxylic acids is 1. The number of carbonyl (C=O) groups is 1. The first kappa shape index (κ1) is 13.9. The zero-order valence-corrected chi connectivity index (χ0v) is 10.7. The van der Waals surface area contributed by atoms with E-state index in [4.69, 9.17) is 16.3 Å². The van der Waals surface area contributed by atoms with Crippen LogP contribution in [0.4, 0.5) is 0 Å². The minimum absolute atomic E-state index is 0. The first-order valence-electron chi connectivity index (χ1n) is 3.64. The quantitative estimate of drug-likeness (QED) is 0.545. The maximum atomic E-state index is 10.6. The number of methoxy groups -OCH3 is 1. The molecule has 0 aliphatic carbocycles. The van der Waals surface area contributed by atoms with Gasteiger partial charge in [0, 0.05) is 12.1 Å². The van der Waals surface area contributed by atoms with E-state index in [2.05, 4.69) is 0 Å². The normalized spacial score (nSPS) is 11.6. The second-order valence-corrected chi connectivity index (χ2v) is 2.93. The van der Waals surface area contributed by atoms with Crippen molar-refractivity contribution in [3.8, 4) is 0 Å². The van der Waals surface area contributed by atoms with Crippen LogP contribution in [0.5, 0.6) is 0 Å². The molecule has 1 aromatic rings. The summed E-state index contributed by atoms with van der Waals surface area (Å²) in [5.41, 5.74) is 0.481. The Balaban J connectivity index is 0.00000169. The van der Waals surface area contributed by atoms with Gasteiger partial charge in [-0.25, -0.2) is 0 Å². The maximum Gasteiger partial charge on any atom is 1.00 e. The van der Waals surface area contributed by atoms with Crippen LogP contribution in [0, 0.1) is 0 Å². The first-order valence-corrected chi connectivity index (χ1v) is 4.02. The molecule has 1 rings (SSSR count). The van der Waals surface area contributed by atoms with E-state index in [1.807, 2.05) is 0 Å². The summed E-state index contributed by atoms with van der Waals surface area (Å²) in [4.78, 5) is 10.6. The molecule has 0 amide bonds. The number of halogens is 1. The third-order valence-electron chi connectivity index (χ3n) is 1.60. The Bertz CT molecular complexity index is 317. The number of hydrogen-bond donors (Lipinski definition) is 0. The molecule has 0 bridgehead atoms. The summed E-state index contributed by atoms with van der Waals surface area (Å²) in [5.74, 6) is -1.27. The molecule has 0 fully saturated rings. The molecule has 3 nitrogen and oxygen atoms in total. The first-order chi connectivity index (χ1) is 6.15. The standard InChI is InChI=1S/C9H9ClO3.Na/c1-13-8(9(11)12)6-3-2-4-7(10)5-6;/h2-5,8H,1H3,(H,11,12);/q;+1/p-1. The van der Waals surface area contributed by atoms with Crippen molar-refractivity contribution in [1.29, 1.82) is 0 Å². The molecule has 1 atom stereocenters. The molecule has 0 aliphatic heterocycles. The molecule has 14 heavy (non-hydrogen) atoms. The van der Waals surface area contributed by atoms with E-state index < -0.39 is 12.1 Å². The van der Waals surface area contributed by atoms with Gasteiger partial charge in [-0.15, -0.1) is 0 Å². The predicted molar refractivity (Wildman–Crippen MR) is 46.2 cm³/mol. The van der Waals surface area contributed by atoms with Gasteiger partial charge in [-0.05, 0) is 17.7 Å². The molecule has 0 aromatic heterocycles. The van der Waals surface area contributed by atoms with Gasteiger partial charge in [-0.1, -0.05) is 23.7 Å². The van der Waals surface area contributed by atoms with Crippen LogP contribution in [0.1, 0.15) is 11.7 Å². The maximum absolute atomic E-state index is 10.6. The van der Waals surface area contributed by atoms with Crippen molar-refractivity contribution in [3.05, 3.63) is 34.9 Å². The number of carboxylic acids is 1. The second-order valence-electron chi connectivity index (χ2n) is 2.49. The van der Waals surface area contributed by atoms with Gasteiger partial charge in [0.15, 0.2) is 0 Å². The van der Waals surface area contributed by atoms with E-state index in [1.165, 1.54) is 13.2 Å². The number of carbonyl (C=O) groups excluding carboxylic acids is 1. The van der Waals surface area contributed by atoms with Gasteiger partial charge in [0.25, 0.3) is 0 Å². The minimum atomic E-state index is -1.27. The summed E-state index contributed by atoms with van der Waals surface area (Å²) in [6.45, 7) is 0. The van der Waals surface area contributed by atoms with Gasteiger partial charge >= 0.3 is 29.6 Å². The molecule has 0 saturated carbocycles. The molecule has 1 unspecified atom stereocenters. The molecule has 70 valence electrons. The third-order valence-corrected chi connectivity index (χ3v) is 1.84. The van der Waals surface area contributed by atoms with Gasteiger partial charge in [-0.2, -0.15) is 0 Å². The van der Waals surface area contributed by atoms with E-state index >= 15 is 0 Å². The van der Waals surface area contributed by atoms with E-state index in [0.717, 1.165) is 0 Å². The fraction of sp³-hybridized carbons (Fsp3) is 0.222. The zero-order chi connectivity index (χ0) is 9.84. The Morgan fingerprint density at radius 2 is 2.21 bits per heavy atom. The second kappa shape index (κ2) is 6.43. The SMILES string of the molecule is COC(C(=O)[O-])c1cccc(Cl)c1.[Na+]. The van der Waals surface area contributed by atoms with E-state index in [-0.39, 0.29) is 29.6 Å². The van der Waals surface area contributed by atoms with E-state index in [0.29, 0.717) is 10.6 Å². The summed E-state index contributed by atoms with van der Waals surface area (Å²) in [6, 6.07) is 6.47. The molecule has 0 saturated heterocycles. The summed E-state index contributed by atoms with van der Waals surface area (Å²) >= 11 is 5.68. The van der Waals surface area contributed by atoms with Crippen LogP contribution in [-0.4, -0.2) is 13.1 Å². The average molecular weight is 223 g/mol. The van der Waals surface area contributed by atoms with Gasteiger partial charge < -0.3 is 14.6 Å². The predicted octanol–water partition coefficient (Wildman–Crippen LogP) is -2.22. The topological polar surface area (TPSA) is 49.4 Å². The summed E-state index contributed by atoms with van der Waals surface area (Å²) < 4.78 is 4.73. The van der Waals surface area contributed by atoms with Crippen LogP contribution in [0.15, 0.2) is 24.3 Å². The van der Waals surface area contributed by atoms with Crippen LogP contribution >= 0.6 is 11.6 Å². The number of ether oxygens (including phenoxy) is 1. The Morgan fingerprint density at radius 3 is 2.64 bits per heavy atom. The molecule has 0 N–H and O–H groups in total. The summed E-state index contributed by atoms with van der Waals surface area (Å²) in [6.07, 6.45) is -1.06. The van der Waals surface area contributed by atoms with Crippen LogP contribution in [-0.2, 0) is 9.53 Å². The minimum Gasteiger partial charge on any atom is -0.547 e. The third kappa shape index (κ3) is 3.59. The van der Waals surface area contributed by atoms with Crippen molar-refractivity contribution in [1.82, 2.24) is 0 Å². The molecule has 0 radical (unpaired) electrons. The number of carboxylic acid groups (broad SMARTS) is 1. The van der Waals surface area contributed by atoms with Gasteiger partial charge in [0.05, 0.1) is 5.97 Å². The molecule has 1 aromatic carbocycles. The molecule has 0 spiro atoms. The van der Waals surface area contributed by atoms with Crippen molar-refractivity contribution >= 4 is 17.6 Å². The van der Waals surface area contributed by atoms with Gasteiger partial charge in [-0.3, -0.25) is 0 Å². The van der Waals surface area contributed by atoms with Crippen LogP contribution in [0.2, 0.25) is 5.02 Å². The van der Waals surface area contributed by atoms with Crippen molar-refractivity contribution in [3.63, 3.8) is 0 Å². The van der Waals surface area contributed by atoms with Crippen LogP contribution in [0.25, 0.3) is 0 Å². The molecular formula is C9H8ClNaO3. The van der Waals surface area contributed by atoms with Gasteiger partial charge in [0.2, 0.25) is 0 Å². The number of rotatable bonds is 3. The van der Waals surface area contributed by atoms with Crippen molar-refractivity contribution in [2.75, 3.05) is 7.11 Å². The Morgan fingerprint density at radius 1 is 1.57 bits per heavy atom. The average Bonchev–Trinajstić information content (AvgIpc) is 2.04. The number of benzene rings is 1. The Kier molecular flexibility index (Phi) is 6.40. The van der Waals surface area contributed by atoms with E-state index in [1.54, 1.807) is 18.2 Å². The molecule has 0 heterocycles. The zero-order valence-electron chi connectivity index (χ0n) is 7.99. The van der Waals surface area contributed by atoms with Crippen molar-refractivity contribution in [2.45, 2.75) is 6.10 Å². The molecule has 5 heteroatoms. The summed E-state index contributed by atoms with van der Waals surface area (Å²) in [7, 11) is 1.31. The van der Waals surface area contributed by atoms with Crippen molar-refractivity contribution < 1.29 is 44.2 Å². The van der Waals surface area contributed by atoms with Crippen molar-refractivity contribution in [2.24, 2.45) is 0 Å². The monoisotopic (exact) mass is 222 g/mol.